The number of alkyl halides is 2. The molecule has 5 atom stereocenters. The van der Waals surface area contributed by atoms with Crippen molar-refractivity contribution in [3.8, 4) is 5.75 Å². The molecule has 2 aliphatic rings. The van der Waals surface area contributed by atoms with Gasteiger partial charge in [-0.2, -0.15) is 8.78 Å². The van der Waals surface area contributed by atoms with Gasteiger partial charge in [0.15, 0.2) is 4.93 Å². The number of aryl methyl sites for hydroxylation is 1. The molecule has 0 unspecified atom stereocenters. The highest BCUT2D eigenvalue weighted by atomic mass is 32.2. The van der Waals surface area contributed by atoms with Gasteiger partial charge in [-0.3, -0.25) is 0 Å². The van der Waals surface area contributed by atoms with Crippen LogP contribution in [0.15, 0.2) is 36.4 Å². The molecule has 2 heterocycles. The highest BCUT2D eigenvalue weighted by molar-refractivity contribution is 8.00. The Bertz CT molecular complexity index is 938. The summed E-state index contributed by atoms with van der Waals surface area (Å²) in [6.45, 7) is -1.06. The number of thioether (sulfide) groups is 1. The summed E-state index contributed by atoms with van der Waals surface area (Å²) >= 11 is 1.11. The Hall–Kier alpha value is -1.75. The molecule has 4 N–H and O–H groups in total. The second-order valence-corrected chi connectivity index (χ2v) is 9.30. The monoisotopic (exact) mass is 454 g/mol. The first-order valence-electron chi connectivity index (χ1n) is 9.88. The maximum atomic E-state index is 12.4. The van der Waals surface area contributed by atoms with Crippen LogP contribution < -0.4 is 4.74 Å². The van der Waals surface area contributed by atoms with Crippen molar-refractivity contribution in [1.82, 2.24) is 0 Å². The zero-order chi connectivity index (χ0) is 22.3. The summed E-state index contributed by atoms with van der Waals surface area (Å²) in [6.07, 6.45) is -3.60. The Morgan fingerprint density at radius 3 is 2.52 bits per heavy atom. The van der Waals surface area contributed by atoms with Crippen LogP contribution in [0, 0.1) is 6.92 Å². The van der Waals surface area contributed by atoms with Gasteiger partial charge in [-0.15, -0.1) is 11.8 Å². The zero-order valence-corrected chi connectivity index (χ0v) is 17.6. The minimum absolute atomic E-state index is 0.0843. The molecule has 2 aliphatic heterocycles. The Morgan fingerprint density at radius 2 is 1.87 bits per heavy atom. The normalized spacial score (nSPS) is 30.1. The van der Waals surface area contributed by atoms with E-state index in [1.54, 1.807) is 12.1 Å². The third kappa shape index (κ3) is 4.06. The number of benzene rings is 2. The van der Waals surface area contributed by atoms with Crippen molar-refractivity contribution < 1.29 is 38.7 Å². The predicted octanol–water partition coefficient (Wildman–Crippen LogP) is 2.06. The van der Waals surface area contributed by atoms with Gasteiger partial charge in [-0.25, -0.2) is 0 Å². The van der Waals surface area contributed by atoms with Crippen molar-refractivity contribution in [2.75, 3.05) is 6.61 Å². The van der Waals surface area contributed by atoms with E-state index in [1.165, 1.54) is 12.1 Å². The van der Waals surface area contributed by atoms with Crippen molar-refractivity contribution in [2.24, 2.45) is 0 Å². The van der Waals surface area contributed by atoms with E-state index in [1.807, 2.05) is 19.1 Å². The fourth-order valence-electron chi connectivity index (χ4n) is 4.20. The SMILES string of the molecule is Cc1cc2c(cc1Cc1ccc(OC(F)F)cc1)[C@]1(OC2)S[C@H](CO)[C@@H](O)[C@H](O)[C@H]1O. The van der Waals surface area contributed by atoms with E-state index < -0.39 is 35.1 Å². The van der Waals surface area contributed by atoms with E-state index in [2.05, 4.69) is 4.74 Å². The van der Waals surface area contributed by atoms with Gasteiger partial charge in [-0.05, 0) is 47.7 Å². The van der Waals surface area contributed by atoms with E-state index in [4.69, 9.17) is 4.74 Å². The third-order valence-electron chi connectivity index (χ3n) is 5.87. The van der Waals surface area contributed by atoms with Crippen LogP contribution in [0.5, 0.6) is 5.75 Å². The minimum Gasteiger partial charge on any atom is -0.435 e. The predicted molar refractivity (Wildman–Crippen MR) is 110 cm³/mol. The van der Waals surface area contributed by atoms with E-state index in [-0.39, 0.29) is 19.0 Å². The molecule has 1 fully saturated rings. The Morgan fingerprint density at radius 1 is 1.16 bits per heavy atom. The average molecular weight is 454 g/mol. The van der Waals surface area contributed by atoms with Crippen LogP contribution in [0.25, 0.3) is 0 Å². The van der Waals surface area contributed by atoms with Crippen LogP contribution in [0.3, 0.4) is 0 Å². The second-order valence-electron chi connectivity index (χ2n) is 7.86. The van der Waals surface area contributed by atoms with E-state index in [9.17, 15) is 29.2 Å². The summed E-state index contributed by atoms with van der Waals surface area (Å²) in [5, 5.41) is 40.3. The van der Waals surface area contributed by atoms with Gasteiger partial charge in [0.1, 0.15) is 18.0 Å². The molecule has 2 aromatic carbocycles. The molecule has 0 aliphatic carbocycles. The molecule has 0 aromatic heterocycles. The van der Waals surface area contributed by atoms with Gasteiger partial charge < -0.3 is 29.9 Å². The highest BCUT2D eigenvalue weighted by Gasteiger charge is 2.57. The van der Waals surface area contributed by atoms with E-state index in [0.717, 1.165) is 34.0 Å². The lowest BCUT2D eigenvalue weighted by Gasteiger charge is -2.45. The van der Waals surface area contributed by atoms with Crippen molar-refractivity contribution >= 4 is 11.8 Å². The highest BCUT2D eigenvalue weighted by Crippen LogP contribution is 2.54. The molecule has 31 heavy (non-hydrogen) atoms. The van der Waals surface area contributed by atoms with Gasteiger partial charge in [0.2, 0.25) is 0 Å². The number of fused-ring (bicyclic) bond motifs is 2. The van der Waals surface area contributed by atoms with Crippen LogP contribution in [-0.4, -0.2) is 57.2 Å². The standard InChI is InChI=1S/C22H24F2O6S/c1-11-6-14-10-29-22(20(28)19(27)18(26)17(9-25)31-22)16(14)8-13(11)7-12-2-4-15(5-3-12)30-21(23)24/h2-6,8,17-21,25-28H,7,9-10H2,1H3/t17-,18-,19+,20-,22+/m1/s1. The molecular formula is C22H24F2O6S. The average Bonchev–Trinajstić information content (AvgIpc) is 3.08. The Labute approximate surface area is 182 Å². The first kappa shape index (κ1) is 22.4. The molecule has 6 nitrogen and oxygen atoms in total. The zero-order valence-electron chi connectivity index (χ0n) is 16.7. The molecule has 1 spiro atoms. The van der Waals surface area contributed by atoms with E-state index in [0.29, 0.717) is 12.0 Å². The summed E-state index contributed by atoms with van der Waals surface area (Å²) in [6, 6.07) is 10.3. The lowest BCUT2D eigenvalue weighted by atomic mass is 9.89. The van der Waals surface area contributed by atoms with Gasteiger partial charge >= 0.3 is 6.61 Å². The molecular weight excluding hydrogens is 430 g/mol. The van der Waals surface area contributed by atoms with Crippen molar-refractivity contribution in [2.45, 2.75) is 55.1 Å². The molecule has 168 valence electrons. The largest absolute Gasteiger partial charge is 0.435 e. The van der Waals surface area contributed by atoms with Crippen LogP contribution in [0.1, 0.15) is 27.8 Å². The summed E-state index contributed by atoms with van der Waals surface area (Å²) in [7, 11) is 0. The maximum Gasteiger partial charge on any atom is 0.387 e. The molecule has 0 bridgehead atoms. The lowest BCUT2D eigenvalue weighted by Crippen LogP contribution is -2.58. The molecule has 0 radical (unpaired) electrons. The molecule has 2 aromatic rings. The summed E-state index contributed by atoms with van der Waals surface area (Å²) in [4.78, 5) is -1.29. The first-order chi connectivity index (χ1) is 14.7. The molecule has 0 amide bonds. The number of halogens is 2. The fourth-order valence-corrected chi connectivity index (χ4v) is 5.75. The van der Waals surface area contributed by atoms with Crippen LogP contribution in [-0.2, 0) is 22.7 Å². The summed E-state index contributed by atoms with van der Waals surface area (Å²) < 4.78 is 35.1. The van der Waals surface area contributed by atoms with Crippen molar-refractivity contribution in [1.29, 1.82) is 0 Å². The van der Waals surface area contributed by atoms with Gasteiger partial charge in [0.05, 0.1) is 24.6 Å². The fraction of sp³-hybridized carbons (Fsp3) is 0.455. The quantitative estimate of drug-likeness (QED) is 0.549. The third-order valence-corrected chi connectivity index (χ3v) is 7.53. The van der Waals surface area contributed by atoms with Crippen molar-refractivity contribution in [3.05, 3.63) is 64.2 Å². The molecule has 0 saturated carbocycles. The number of rotatable bonds is 5. The van der Waals surface area contributed by atoms with Crippen LogP contribution in [0.2, 0.25) is 0 Å². The second kappa shape index (κ2) is 8.65. The maximum absolute atomic E-state index is 12.4. The lowest BCUT2D eigenvalue weighted by molar-refractivity contribution is -0.147. The molecule has 9 heteroatoms. The smallest absolute Gasteiger partial charge is 0.387 e. The van der Waals surface area contributed by atoms with Crippen LogP contribution in [0.4, 0.5) is 8.78 Å². The van der Waals surface area contributed by atoms with Crippen LogP contribution >= 0.6 is 11.8 Å². The first-order valence-corrected chi connectivity index (χ1v) is 10.8. The number of ether oxygens (including phenoxy) is 2. The van der Waals surface area contributed by atoms with Gasteiger partial charge in [-0.1, -0.05) is 24.3 Å². The Balaban J connectivity index is 1.65. The number of hydrogen-bond donors (Lipinski definition) is 4. The van der Waals surface area contributed by atoms with Crippen molar-refractivity contribution in [3.63, 3.8) is 0 Å². The molecule has 4 rings (SSSR count). The number of aliphatic hydroxyl groups excluding tert-OH is 4. The Kier molecular flexibility index (Phi) is 6.26. The van der Waals surface area contributed by atoms with Gasteiger partial charge in [0.25, 0.3) is 0 Å². The van der Waals surface area contributed by atoms with Gasteiger partial charge in [0, 0.05) is 5.56 Å². The summed E-state index contributed by atoms with van der Waals surface area (Å²) in [5.74, 6) is 0.0843. The topological polar surface area (TPSA) is 99.4 Å². The minimum atomic E-state index is -2.88. The molecule has 1 saturated heterocycles. The number of aliphatic hydroxyl groups is 4. The number of hydrogen-bond acceptors (Lipinski definition) is 7. The summed E-state index contributed by atoms with van der Waals surface area (Å²) in [5.41, 5.74) is 4.40. The van der Waals surface area contributed by atoms with E-state index >= 15 is 0 Å².